The van der Waals surface area contributed by atoms with Crippen molar-refractivity contribution in [2.45, 2.75) is 26.8 Å². The molecule has 0 saturated carbocycles. The van der Waals surface area contributed by atoms with Gasteiger partial charge in [-0.15, -0.1) is 0 Å². The number of nitrogen functional groups attached to an aromatic ring is 1. The number of amides is 1. The molecule has 5 aromatic rings. The number of aromatic nitrogens is 5. The zero-order valence-electron chi connectivity index (χ0n) is 22.1. The SMILES string of the molecule is CC1=C[C@@H](C)N(c2ccc(-c3c(-c4ccc(Oc5nccc(C)n5)cc4)c4c(N)ncnc4n3C)cc2)C1=O. The van der Waals surface area contributed by atoms with Crippen molar-refractivity contribution in [3.63, 3.8) is 0 Å². The second kappa shape index (κ2) is 9.36. The fourth-order valence-corrected chi connectivity index (χ4v) is 5.18. The van der Waals surface area contributed by atoms with E-state index < -0.39 is 0 Å². The van der Waals surface area contributed by atoms with E-state index in [-0.39, 0.29) is 11.9 Å². The van der Waals surface area contributed by atoms with Gasteiger partial charge in [0, 0.05) is 35.8 Å². The largest absolute Gasteiger partial charge is 0.424 e. The Bertz CT molecular complexity index is 1760. The molecule has 194 valence electrons. The highest BCUT2D eigenvalue weighted by Crippen LogP contribution is 2.42. The molecule has 9 heteroatoms. The lowest BCUT2D eigenvalue weighted by atomic mass is 9.98. The van der Waals surface area contributed by atoms with Gasteiger partial charge < -0.3 is 19.9 Å². The predicted octanol–water partition coefficient (Wildman–Crippen LogP) is 5.46. The second-order valence-electron chi connectivity index (χ2n) is 9.66. The molecule has 0 aliphatic carbocycles. The lowest BCUT2D eigenvalue weighted by Gasteiger charge is -2.22. The van der Waals surface area contributed by atoms with E-state index in [1.807, 2.05) is 98.0 Å². The molecule has 0 saturated heterocycles. The molecule has 2 N–H and O–H groups in total. The Kier molecular flexibility index (Phi) is 5.83. The van der Waals surface area contributed by atoms with Gasteiger partial charge in [-0.25, -0.2) is 19.9 Å². The lowest BCUT2D eigenvalue weighted by Crippen LogP contribution is -2.32. The first-order valence-corrected chi connectivity index (χ1v) is 12.6. The summed E-state index contributed by atoms with van der Waals surface area (Å²) in [6.07, 6.45) is 5.13. The van der Waals surface area contributed by atoms with E-state index in [0.29, 0.717) is 17.6 Å². The molecule has 39 heavy (non-hydrogen) atoms. The first-order chi connectivity index (χ1) is 18.8. The van der Waals surface area contributed by atoms with Crippen molar-refractivity contribution in [3.05, 3.63) is 84.5 Å². The lowest BCUT2D eigenvalue weighted by molar-refractivity contribution is -0.114. The van der Waals surface area contributed by atoms with Gasteiger partial charge in [-0.05, 0) is 62.2 Å². The summed E-state index contributed by atoms with van der Waals surface area (Å²) in [6.45, 7) is 5.76. The smallest absolute Gasteiger partial charge is 0.322 e. The number of ether oxygens (including phenoxy) is 1. The van der Waals surface area contributed by atoms with Crippen molar-refractivity contribution in [1.82, 2.24) is 24.5 Å². The summed E-state index contributed by atoms with van der Waals surface area (Å²) < 4.78 is 7.88. The summed E-state index contributed by atoms with van der Waals surface area (Å²) in [6, 6.07) is 17.8. The van der Waals surface area contributed by atoms with Gasteiger partial charge in [-0.3, -0.25) is 4.79 Å². The Labute approximate surface area is 225 Å². The monoisotopic (exact) mass is 517 g/mol. The molecular formula is C30H27N7O2. The first kappa shape index (κ1) is 24.3. The summed E-state index contributed by atoms with van der Waals surface area (Å²) in [4.78, 5) is 31.8. The van der Waals surface area contributed by atoms with Crippen LogP contribution in [-0.4, -0.2) is 36.5 Å². The minimum Gasteiger partial charge on any atom is -0.424 e. The zero-order chi connectivity index (χ0) is 27.3. The van der Waals surface area contributed by atoms with Crippen LogP contribution in [0.25, 0.3) is 33.4 Å². The van der Waals surface area contributed by atoms with Gasteiger partial charge in [0.05, 0.1) is 17.1 Å². The summed E-state index contributed by atoms with van der Waals surface area (Å²) in [5.41, 5.74) is 13.3. The van der Waals surface area contributed by atoms with E-state index in [4.69, 9.17) is 10.5 Å². The van der Waals surface area contributed by atoms with Crippen LogP contribution in [0.4, 0.5) is 11.5 Å². The molecule has 1 atom stereocenters. The van der Waals surface area contributed by atoms with Crippen LogP contribution < -0.4 is 15.4 Å². The fourth-order valence-electron chi connectivity index (χ4n) is 5.18. The van der Waals surface area contributed by atoms with Crippen LogP contribution >= 0.6 is 0 Å². The summed E-state index contributed by atoms with van der Waals surface area (Å²) >= 11 is 0. The highest BCUT2D eigenvalue weighted by atomic mass is 16.5. The third-order valence-corrected chi connectivity index (χ3v) is 6.99. The minimum absolute atomic E-state index is 0.0116. The average molecular weight is 518 g/mol. The van der Waals surface area contributed by atoms with Gasteiger partial charge in [0.25, 0.3) is 5.91 Å². The van der Waals surface area contributed by atoms with E-state index >= 15 is 0 Å². The van der Waals surface area contributed by atoms with E-state index in [1.54, 1.807) is 6.20 Å². The van der Waals surface area contributed by atoms with E-state index in [1.165, 1.54) is 6.33 Å². The molecule has 4 heterocycles. The summed E-state index contributed by atoms with van der Waals surface area (Å²) in [5, 5.41) is 0.776. The summed E-state index contributed by atoms with van der Waals surface area (Å²) in [5.74, 6) is 1.05. The van der Waals surface area contributed by atoms with Gasteiger partial charge >= 0.3 is 6.01 Å². The van der Waals surface area contributed by atoms with Gasteiger partial charge in [-0.1, -0.05) is 30.3 Å². The molecule has 3 aromatic heterocycles. The first-order valence-electron chi connectivity index (χ1n) is 12.6. The van der Waals surface area contributed by atoms with Crippen molar-refractivity contribution in [3.8, 4) is 34.1 Å². The van der Waals surface area contributed by atoms with Crippen LogP contribution in [0, 0.1) is 6.92 Å². The van der Waals surface area contributed by atoms with Crippen molar-refractivity contribution in [1.29, 1.82) is 0 Å². The molecule has 0 fully saturated rings. The Hall–Kier alpha value is -5.05. The van der Waals surface area contributed by atoms with Gasteiger partial charge in [0.1, 0.15) is 23.5 Å². The third-order valence-electron chi connectivity index (χ3n) is 6.99. The highest BCUT2D eigenvalue weighted by molar-refractivity contribution is 6.09. The van der Waals surface area contributed by atoms with Gasteiger partial charge in [-0.2, -0.15) is 0 Å². The maximum Gasteiger partial charge on any atom is 0.322 e. The van der Waals surface area contributed by atoms with E-state index in [0.717, 1.165) is 50.4 Å². The topological polar surface area (TPSA) is 112 Å². The Morgan fingerprint density at radius 1 is 0.923 bits per heavy atom. The number of nitrogens with zero attached hydrogens (tertiary/aromatic N) is 6. The number of fused-ring (bicyclic) bond motifs is 1. The number of benzene rings is 2. The molecular weight excluding hydrogens is 490 g/mol. The molecule has 0 unspecified atom stereocenters. The van der Waals surface area contributed by atoms with Crippen molar-refractivity contribution in [2.75, 3.05) is 10.6 Å². The molecule has 9 nitrogen and oxygen atoms in total. The third kappa shape index (κ3) is 4.17. The van der Waals surface area contributed by atoms with Crippen LogP contribution in [0.2, 0.25) is 0 Å². The Balaban J connectivity index is 1.43. The van der Waals surface area contributed by atoms with E-state index in [2.05, 4.69) is 19.9 Å². The van der Waals surface area contributed by atoms with Crippen molar-refractivity contribution >= 4 is 28.4 Å². The van der Waals surface area contributed by atoms with Crippen LogP contribution in [0.15, 0.2) is 78.8 Å². The number of rotatable bonds is 5. The van der Waals surface area contributed by atoms with Crippen LogP contribution in [-0.2, 0) is 11.8 Å². The normalized spacial score (nSPS) is 15.2. The molecule has 0 spiro atoms. The number of carbonyl (C=O) groups is 1. The molecule has 1 amide bonds. The average Bonchev–Trinajstić information content (AvgIpc) is 3.37. The molecule has 0 radical (unpaired) electrons. The maximum absolute atomic E-state index is 12.7. The zero-order valence-corrected chi connectivity index (χ0v) is 22.1. The van der Waals surface area contributed by atoms with Crippen molar-refractivity contribution in [2.24, 2.45) is 7.05 Å². The highest BCUT2D eigenvalue weighted by Gasteiger charge is 2.28. The Morgan fingerprint density at radius 3 is 2.31 bits per heavy atom. The maximum atomic E-state index is 12.7. The quantitative estimate of drug-likeness (QED) is 0.330. The van der Waals surface area contributed by atoms with Gasteiger partial charge in [0.15, 0.2) is 0 Å². The number of anilines is 2. The standard InChI is InChI=1S/C30H27N7O2/c1-17-15-19(3)37(29(17)38)22-9-5-21(6-10-22)26-24(25-27(31)33-16-34-28(25)36(26)4)20-7-11-23(12-8-20)39-30-32-14-13-18(2)35-30/h5-16,19H,1-4H3,(H2,31,33,34)/t19-/m1/s1. The number of hydrogen-bond acceptors (Lipinski definition) is 7. The van der Waals surface area contributed by atoms with Crippen LogP contribution in [0.1, 0.15) is 19.5 Å². The number of hydrogen-bond donors (Lipinski definition) is 1. The fraction of sp³-hybridized carbons (Fsp3) is 0.167. The number of aryl methyl sites for hydroxylation is 2. The van der Waals surface area contributed by atoms with Crippen LogP contribution in [0.3, 0.4) is 0 Å². The summed E-state index contributed by atoms with van der Waals surface area (Å²) in [7, 11) is 1.97. The van der Waals surface area contributed by atoms with Crippen LogP contribution in [0.5, 0.6) is 11.8 Å². The predicted molar refractivity (Wildman–Crippen MR) is 151 cm³/mol. The molecule has 0 bridgehead atoms. The molecule has 6 rings (SSSR count). The van der Waals surface area contributed by atoms with Gasteiger partial charge in [0.2, 0.25) is 0 Å². The molecule has 1 aliphatic heterocycles. The molecule has 1 aliphatic rings. The Morgan fingerprint density at radius 2 is 1.64 bits per heavy atom. The second-order valence-corrected chi connectivity index (χ2v) is 9.66. The number of carbonyl (C=O) groups excluding carboxylic acids is 1. The molecule has 2 aromatic carbocycles. The van der Waals surface area contributed by atoms with Crippen molar-refractivity contribution < 1.29 is 9.53 Å². The van der Waals surface area contributed by atoms with E-state index in [9.17, 15) is 4.79 Å². The number of nitrogens with two attached hydrogens (primary N) is 1. The minimum atomic E-state index is 0.0116.